The summed E-state index contributed by atoms with van der Waals surface area (Å²) in [5.74, 6) is 0.113. The maximum Gasteiger partial charge on any atom is 0.166 e. The van der Waals surface area contributed by atoms with Gasteiger partial charge >= 0.3 is 0 Å². The highest BCUT2D eigenvalue weighted by Gasteiger charge is 2.21. The van der Waals surface area contributed by atoms with Crippen molar-refractivity contribution in [2.24, 2.45) is 0 Å². The summed E-state index contributed by atoms with van der Waals surface area (Å²) in [6.07, 6.45) is 3.26. The average molecular weight is 443 g/mol. The van der Waals surface area contributed by atoms with Gasteiger partial charge in [-0.3, -0.25) is 0 Å². The van der Waals surface area contributed by atoms with Gasteiger partial charge in [-0.2, -0.15) is 0 Å². The van der Waals surface area contributed by atoms with Crippen LogP contribution in [0.1, 0.15) is 36.6 Å². The maximum absolute atomic E-state index is 14.1. The summed E-state index contributed by atoms with van der Waals surface area (Å²) in [5.41, 5.74) is 9.61. The largest absolute Gasteiger partial charge is 0.482 e. The molecule has 0 unspecified atom stereocenters. The third-order valence-corrected chi connectivity index (χ3v) is 5.16. The number of benzene rings is 1. The van der Waals surface area contributed by atoms with Crippen LogP contribution in [-0.2, 0) is 0 Å². The number of nitrogens with one attached hydrogen (secondary N) is 4. The van der Waals surface area contributed by atoms with Crippen molar-refractivity contribution in [3.05, 3.63) is 63.6 Å². The second-order valence-corrected chi connectivity index (χ2v) is 7.30. The lowest BCUT2D eigenvalue weighted by molar-refractivity contribution is 0.226. The van der Waals surface area contributed by atoms with Crippen LogP contribution in [-0.4, -0.2) is 30.5 Å². The van der Waals surface area contributed by atoms with Gasteiger partial charge in [0, 0.05) is 59.7 Å². The van der Waals surface area contributed by atoms with E-state index in [9.17, 15) is 4.39 Å². The second kappa shape index (κ2) is 9.61. The zero-order chi connectivity index (χ0) is 22.5. The van der Waals surface area contributed by atoms with Crippen LogP contribution in [0.3, 0.4) is 0 Å². The number of pyridine rings is 1. The number of halogens is 2. The zero-order valence-corrected chi connectivity index (χ0v) is 18.0. The molecule has 0 saturated carbocycles. The standard InChI is InChI=1S/C22H24ClFN6O/c1-3-28-20-13-6-19(22(27)30-10-13)31-12(2)17-7-15(24)4-5-16(17)21(18(23)9-26)29-11-14(20)8-25/h4-10,12,25-26,28-29H,3,11H2,1-2H3,(H2,27,30)/b20-14+,21-18+,25-8?,26-9?/t12-/m1/s1. The molecule has 1 aromatic carbocycles. The number of ether oxygens (including phenoxy) is 1. The monoisotopic (exact) mass is 442 g/mol. The van der Waals surface area contributed by atoms with Crippen LogP contribution >= 0.6 is 11.6 Å². The fourth-order valence-electron chi connectivity index (χ4n) is 3.39. The Hall–Kier alpha value is -3.39. The van der Waals surface area contributed by atoms with Crippen molar-refractivity contribution < 1.29 is 9.13 Å². The van der Waals surface area contributed by atoms with Gasteiger partial charge in [0.15, 0.2) is 11.6 Å². The minimum absolute atomic E-state index is 0.145. The van der Waals surface area contributed by atoms with Gasteiger partial charge in [-0.1, -0.05) is 11.6 Å². The Bertz CT molecular complexity index is 1080. The molecule has 7 nitrogen and oxygen atoms in total. The fourth-order valence-corrected chi connectivity index (χ4v) is 3.56. The molecule has 1 aliphatic heterocycles. The first-order valence-corrected chi connectivity index (χ1v) is 10.1. The quantitative estimate of drug-likeness (QED) is 0.457. The molecule has 0 saturated heterocycles. The van der Waals surface area contributed by atoms with Crippen molar-refractivity contribution in [1.82, 2.24) is 15.6 Å². The molecular formula is C22H24ClFN6O. The van der Waals surface area contributed by atoms with E-state index in [0.717, 1.165) is 6.21 Å². The maximum atomic E-state index is 14.1. The Kier molecular flexibility index (Phi) is 6.91. The van der Waals surface area contributed by atoms with E-state index >= 15 is 0 Å². The summed E-state index contributed by atoms with van der Waals surface area (Å²) >= 11 is 6.35. The molecule has 2 bridgehead atoms. The van der Waals surface area contributed by atoms with E-state index in [4.69, 9.17) is 32.9 Å². The minimum Gasteiger partial charge on any atom is -0.482 e. The van der Waals surface area contributed by atoms with E-state index < -0.39 is 11.9 Å². The van der Waals surface area contributed by atoms with Crippen molar-refractivity contribution in [3.8, 4) is 5.75 Å². The van der Waals surface area contributed by atoms with Crippen molar-refractivity contribution in [2.45, 2.75) is 20.0 Å². The van der Waals surface area contributed by atoms with Crippen LogP contribution in [0.15, 0.2) is 41.1 Å². The topological polar surface area (TPSA) is 120 Å². The van der Waals surface area contributed by atoms with Crippen LogP contribution in [0.4, 0.5) is 10.2 Å². The highest BCUT2D eigenvalue weighted by Crippen LogP contribution is 2.34. The molecule has 0 radical (unpaired) electrons. The summed E-state index contributed by atoms with van der Waals surface area (Å²) in [4.78, 5) is 4.24. The third kappa shape index (κ3) is 4.69. The first-order chi connectivity index (χ1) is 14.9. The third-order valence-electron chi connectivity index (χ3n) is 4.87. The summed E-state index contributed by atoms with van der Waals surface area (Å²) in [6.45, 7) is 4.58. The lowest BCUT2D eigenvalue weighted by atomic mass is 9.98. The molecular weight excluding hydrogens is 419 g/mol. The Morgan fingerprint density at radius 2 is 2.19 bits per heavy atom. The van der Waals surface area contributed by atoms with Crippen molar-refractivity contribution in [2.75, 3.05) is 18.8 Å². The zero-order valence-electron chi connectivity index (χ0n) is 17.2. The molecule has 9 heteroatoms. The molecule has 2 aromatic rings. The van der Waals surface area contributed by atoms with Gasteiger partial charge in [-0.05, 0) is 38.1 Å². The van der Waals surface area contributed by atoms with Gasteiger partial charge in [0.1, 0.15) is 11.9 Å². The Balaban J connectivity index is 2.30. The Morgan fingerprint density at radius 1 is 1.42 bits per heavy atom. The van der Waals surface area contributed by atoms with Crippen molar-refractivity contribution >= 4 is 41.2 Å². The van der Waals surface area contributed by atoms with Gasteiger partial charge in [0.2, 0.25) is 0 Å². The molecule has 31 heavy (non-hydrogen) atoms. The molecule has 0 amide bonds. The van der Waals surface area contributed by atoms with E-state index in [2.05, 4.69) is 15.6 Å². The number of hydrogen-bond donors (Lipinski definition) is 5. The van der Waals surface area contributed by atoms with Crippen molar-refractivity contribution in [1.29, 1.82) is 10.8 Å². The van der Waals surface area contributed by atoms with Crippen LogP contribution in [0.25, 0.3) is 11.4 Å². The second-order valence-electron chi connectivity index (χ2n) is 6.89. The molecule has 1 aliphatic rings. The van der Waals surface area contributed by atoms with E-state index in [-0.39, 0.29) is 17.4 Å². The van der Waals surface area contributed by atoms with Crippen LogP contribution in [0.2, 0.25) is 0 Å². The molecule has 0 spiro atoms. The van der Waals surface area contributed by atoms with Gasteiger partial charge in [-0.15, -0.1) is 0 Å². The first-order valence-electron chi connectivity index (χ1n) is 9.73. The molecule has 0 fully saturated rings. The van der Waals surface area contributed by atoms with Crippen molar-refractivity contribution in [3.63, 3.8) is 0 Å². The van der Waals surface area contributed by atoms with E-state index in [1.54, 1.807) is 25.3 Å². The fraction of sp³-hybridized carbons (Fsp3) is 0.227. The molecule has 6 N–H and O–H groups in total. The SMILES string of the molecule is CCN/C1=C(\C=N)CN/C(=C(/Cl)C=N)c2ccc(F)cc2[C@@H](C)Oc2cc1cnc2N. The normalized spacial score (nSPS) is 20.2. The number of allylic oxidation sites excluding steroid dienone is 1. The van der Waals surface area contributed by atoms with Crippen LogP contribution in [0, 0.1) is 16.6 Å². The average Bonchev–Trinajstić information content (AvgIpc) is 2.76. The number of rotatable bonds is 4. The van der Waals surface area contributed by atoms with Gasteiger partial charge < -0.3 is 31.9 Å². The van der Waals surface area contributed by atoms with Gasteiger partial charge in [0.25, 0.3) is 0 Å². The molecule has 162 valence electrons. The van der Waals surface area contributed by atoms with Crippen LogP contribution < -0.4 is 21.1 Å². The molecule has 1 aromatic heterocycles. The highest BCUT2D eigenvalue weighted by atomic mass is 35.5. The van der Waals surface area contributed by atoms with Crippen LogP contribution in [0.5, 0.6) is 5.75 Å². The lowest BCUT2D eigenvalue weighted by Crippen LogP contribution is -2.24. The number of nitrogens with zero attached hydrogens (tertiary/aromatic N) is 1. The van der Waals surface area contributed by atoms with E-state index in [1.807, 2.05) is 6.92 Å². The Morgan fingerprint density at radius 3 is 2.87 bits per heavy atom. The highest BCUT2D eigenvalue weighted by molar-refractivity contribution is 6.42. The summed E-state index contributed by atoms with van der Waals surface area (Å²) in [6, 6.07) is 6.03. The number of nitrogen functional groups attached to an aromatic ring is 1. The first kappa shape index (κ1) is 22.3. The molecule has 3 rings (SSSR count). The Labute approximate surface area is 185 Å². The summed E-state index contributed by atoms with van der Waals surface area (Å²) in [7, 11) is 0. The molecule has 1 atom stereocenters. The number of hydrogen-bond acceptors (Lipinski definition) is 7. The lowest BCUT2D eigenvalue weighted by Gasteiger charge is -2.24. The smallest absolute Gasteiger partial charge is 0.166 e. The van der Waals surface area contributed by atoms with Gasteiger partial charge in [0.05, 0.1) is 10.7 Å². The number of aromatic nitrogens is 1. The van der Waals surface area contributed by atoms with Gasteiger partial charge in [-0.25, -0.2) is 9.37 Å². The number of anilines is 1. The minimum atomic E-state index is -0.592. The predicted octanol–water partition coefficient (Wildman–Crippen LogP) is 4.07. The molecule has 0 aliphatic carbocycles. The van der Waals surface area contributed by atoms with E-state index in [0.29, 0.717) is 46.0 Å². The van der Waals surface area contributed by atoms with E-state index in [1.165, 1.54) is 18.3 Å². The summed E-state index contributed by atoms with van der Waals surface area (Å²) < 4.78 is 20.2. The number of nitrogens with two attached hydrogens (primary N) is 1. The molecule has 2 heterocycles. The summed E-state index contributed by atoms with van der Waals surface area (Å²) in [5, 5.41) is 22.2. The predicted molar refractivity (Wildman–Crippen MR) is 123 cm³/mol. The number of fused-ring (bicyclic) bond motifs is 3.